The number of hydrogen-bond acceptors (Lipinski definition) is 4. The summed E-state index contributed by atoms with van der Waals surface area (Å²) < 4.78 is 31.0. The van der Waals surface area contributed by atoms with Gasteiger partial charge in [0.05, 0.1) is 11.5 Å². The number of carbonyl (C=O) groups is 1. The van der Waals surface area contributed by atoms with Gasteiger partial charge in [-0.2, -0.15) is 4.31 Å². The van der Waals surface area contributed by atoms with Gasteiger partial charge < -0.3 is 4.74 Å². The van der Waals surface area contributed by atoms with Gasteiger partial charge in [0.1, 0.15) is 0 Å². The van der Waals surface area contributed by atoms with E-state index >= 15 is 0 Å². The quantitative estimate of drug-likeness (QED) is 0.744. The summed E-state index contributed by atoms with van der Waals surface area (Å²) in [6.45, 7) is 3.47. The number of sulfonamides is 1. The average Bonchev–Trinajstić information content (AvgIpc) is 2.38. The number of ether oxygens (including phenoxy) is 1. The Labute approximate surface area is 114 Å². The Bertz CT molecular complexity index is 554. The van der Waals surface area contributed by atoms with Crippen LogP contribution in [0.25, 0.3) is 0 Å². The lowest BCUT2D eigenvalue weighted by molar-refractivity contribution is 0.101. The molecule has 0 aliphatic heterocycles. The first-order chi connectivity index (χ1) is 8.80. The third kappa shape index (κ3) is 3.62. The topological polar surface area (TPSA) is 63.7 Å². The molecule has 5 nitrogen and oxygen atoms in total. The van der Waals surface area contributed by atoms with Crippen LogP contribution in [-0.2, 0) is 14.8 Å². The molecular formula is C13H19NO4S. The lowest BCUT2D eigenvalue weighted by atomic mass is 10.2. The molecule has 0 aromatic heterocycles. The van der Waals surface area contributed by atoms with Gasteiger partial charge in [0.2, 0.25) is 10.0 Å². The third-order valence-electron chi connectivity index (χ3n) is 2.95. The molecule has 1 unspecified atom stereocenters. The number of methoxy groups -OCH3 is 1. The van der Waals surface area contributed by atoms with Gasteiger partial charge in [0.25, 0.3) is 0 Å². The van der Waals surface area contributed by atoms with E-state index in [9.17, 15) is 13.2 Å². The van der Waals surface area contributed by atoms with Crippen molar-refractivity contribution in [1.29, 1.82) is 0 Å². The minimum atomic E-state index is -3.62. The van der Waals surface area contributed by atoms with Crippen LogP contribution in [0.5, 0.6) is 0 Å². The van der Waals surface area contributed by atoms with Crippen molar-refractivity contribution in [3.63, 3.8) is 0 Å². The first kappa shape index (κ1) is 15.8. The molecule has 106 valence electrons. The normalized spacial score (nSPS) is 13.5. The van der Waals surface area contributed by atoms with E-state index in [1.54, 1.807) is 19.1 Å². The Balaban J connectivity index is 3.13. The summed E-state index contributed by atoms with van der Waals surface area (Å²) in [6, 6.07) is 5.76. The molecule has 0 radical (unpaired) electrons. The Morgan fingerprint density at radius 1 is 1.42 bits per heavy atom. The molecule has 0 heterocycles. The van der Waals surface area contributed by atoms with E-state index in [0.717, 1.165) is 0 Å². The molecule has 0 amide bonds. The molecule has 0 bridgehead atoms. The number of ketones is 1. The van der Waals surface area contributed by atoms with Crippen molar-refractivity contribution in [3.05, 3.63) is 29.8 Å². The van der Waals surface area contributed by atoms with E-state index < -0.39 is 10.0 Å². The smallest absolute Gasteiger partial charge is 0.243 e. The van der Waals surface area contributed by atoms with Gasteiger partial charge in [-0.3, -0.25) is 4.79 Å². The highest BCUT2D eigenvalue weighted by atomic mass is 32.2. The van der Waals surface area contributed by atoms with Gasteiger partial charge in [0, 0.05) is 25.8 Å². The van der Waals surface area contributed by atoms with Crippen LogP contribution in [0.1, 0.15) is 24.2 Å². The minimum Gasteiger partial charge on any atom is -0.383 e. The standard InChI is InChI=1S/C13H19NO4S/c1-10(9-18-4)14(3)19(16,17)13-7-5-6-12(8-13)11(2)15/h5-8,10H,9H2,1-4H3. The Morgan fingerprint density at radius 3 is 2.58 bits per heavy atom. The van der Waals surface area contributed by atoms with Crippen LogP contribution >= 0.6 is 0 Å². The van der Waals surface area contributed by atoms with Gasteiger partial charge in [-0.25, -0.2) is 8.42 Å². The number of hydrogen-bond donors (Lipinski definition) is 0. The highest BCUT2D eigenvalue weighted by molar-refractivity contribution is 7.89. The molecule has 6 heteroatoms. The summed E-state index contributed by atoms with van der Waals surface area (Å²) >= 11 is 0. The molecule has 19 heavy (non-hydrogen) atoms. The number of rotatable bonds is 6. The second-order valence-electron chi connectivity index (χ2n) is 4.41. The number of carbonyl (C=O) groups excluding carboxylic acids is 1. The molecule has 1 rings (SSSR count). The van der Waals surface area contributed by atoms with Crippen molar-refractivity contribution >= 4 is 15.8 Å². The van der Waals surface area contributed by atoms with Gasteiger partial charge in [-0.15, -0.1) is 0 Å². The van der Waals surface area contributed by atoms with Crippen LogP contribution in [0, 0.1) is 0 Å². The summed E-state index contributed by atoms with van der Waals surface area (Å²) in [6.07, 6.45) is 0. The maximum absolute atomic E-state index is 12.4. The zero-order valence-corrected chi connectivity index (χ0v) is 12.4. The van der Waals surface area contributed by atoms with E-state index in [1.807, 2.05) is 0 Å². The summed E-state index contributed by atoms with van der Waals surface area (Å²) in [5.41, 5.74) is 0.383. The van der Waals surface area contributed by atoms with Crippen molar-refractivity contribution in [1.82, 2.24) is 4.31 Å². The summed E-state index contributed by atoms with van der Waals surface area (Å²) in [5, 5.41) is 0. The lowest BCUT2D eigenvalue weighted by Crippen LogP contribution is -2.37. The van der Waals surface area contributed by atoms with Crippen molar-refractivity contribution < 1.29 is 17.9 Å². The number of likely N-dealkylation sites (N-methyl/N-ethyl adjacent to an activating group) is 1. The SMILES string of the molecule is COCC(C)N(C)S(=O)(=O)c1cccc(C(C)=O)c1. The summed E-state index contributed by atoms with van der Waals surface area (Å²) in [5.74, 6) is -0.162. The molecule has 0 N–H and O–H groups in total. The Morgan fingerprint density at radius 2 is 2.05 bits per heavy atom. The molecule has 1 aromatic rings. The second kappa shape index (κ2) is 6.27. The van der Waals surface area contributed by atoms with Crippen molar-refractivity contribution in [2.45, 2.75) is 24.8 Å². The van der Waals surface area contributed by atoms with E-state index in [0.29, 0.717) is 12.2 Å². The van der Waals surface area contributed by atoms with E-state index in [4.69, 9.17) is 4.74 Å². The molecule has 0 aliphatic rings. The predicted octanol–water partition coefficient (Wildman–Crippen LogP) is 1.54. The maximum atomic E-state index is 12.4. The average molecular weight is 285 g/mol. The largest absolute Gasteiger partial charge is 0.383 e. The number of benzene rings is 1. The van der Waals surface area contributed by atoms with Crippen LogP contribution in [0.3, 0.4) is 0 Å². The number of Topliss-reactive ketones (excluding diaryl/α,β-unsaturated/α-hetero) is 1. The molecular weight excluding hydrogens is 266 g/mol. The molecule has 1 aromatic carbocycles. The number of nitrogens with zero attached hydrogens (tertiary/aromatic N) is 1. The third-order valence-corrected chi connectivity index (χ3v) is 4.91. The molecule has 0 saturated carbocycles. The Hall–Kier alpha value is -1.24. The predicted molar refractivity (Wildman–Crippen MR) is 72.7 cm³/mol. The summed E-state index contributed by atoms with van der Waals surface area (Å²) in [7, 11) is -0.595. The van der Waals surface area contributed by atoms with Crippen molar-refractivity contribution in [2.24, 2.45) is 0 Å². The molecule has 0 spiro atoms. The highest BCUT2D eigenvalue weighted by Gasteiger charge is 2.25. The first-order valence-electron chi connectivity index (χ1n) is 5.88. The van der Waals surface area contributed by atoms with Gasteiger partial charge in [-0.05, 0) is 26.0 Å². The highest BCUT2D eigenvalue weighted by Crippen LogP contribution is 2.18. The Kier molecular flexibility index (Phi) is 5.22. The first-order valence-corrected chi connectivity index (χ1v) is 7.32. The monoisotopic (exact) mass is 285 g/mol. The van der Waals surface area contributed by atoms with Crippen LogP contribution in [0.15, 0.2) is 29.2 Å². The zero-order chi connectivity index (χ0) is 14.6. The fourth-order valence-corrected chi connectivity index (χ4v) is 3.02. The van der Waals surface area contributed by atoms with Crippen LogP contribution in [-0.4, -0.2) is 45.3 Å². The van der Waals surface area contributed by atoms with E-state index in [-0.39, 0.29) is 16.7 Å². The van der Waals surface area contributed by atoms with Crippen molar-refractivity contribution in [2.75, 3.05) is 20.8 Å². The van der Waals surface area contributed by atoms with E-state index in [2.05, 4.69) is 0 Å². The summed E-state index contributed by atoms with van der Waals surface area (Å²) in [4.78, 5) is 11.4. The lowest BCUT2D eigenvalue weighted by Gasteiger charge is -2.23. The molecule has 1 atom stereocenters. The molecule has 0 fully saturated rings. The van der Waals surface area contributed by atoms with Crippen molar-refractivity contribution in [3.8, 4) is 0 Å². The van der Waals surface area contributed by atoms with Crippen LogP contribution in [0.4, 0.5) is 0 Å². The van der Waals surface area contributed by atoms with Crippen LogP contribution < -0.4 is 0 Å². The van der Waals surface area contributed by atoms with Gasteiger partial charge >= 0.3 is 0 Å². The maximum Gasteiger partial charge on any atom is 0.243 e. The molecule has 0 aliphatic carbocycles. The zero-order valence-electron chi connectivity index (χ0n) is 11.6. The minimum absolute atomic E-state index is 0.116. The fraction of sp³-hybridized carbons (Fsp3) is 0.462. The van der Waals surface area contributed by atoms with Gasteiger partial charge in [-0.1, -0.05) is 12.1 Å². The van der Waals surface area contributed by atoms with Gasteiger partial charge in [0.15, 0.2) is 5.78 Å². The second-order valence-corrected chi connectivity index (χ2v) is 6.41. The van der Waals surface area contributed by atoms with Crippen LogP contribution in [0.2, 0.25) is 0 Å². The molecule has 0 saturated heterocycles. The fourth-order valence-electron chi connectivity index (χ4n) is 1.62. The van der Waals surface area contributed by atoms with E-state index in [1.165, 1.54) is 37.5 Å².